The van der Waals surface area contributed by atoms with E-state index >= 15 is 0 Å². The first-order valence-electron chi connectivity index (χ1n) is 1.00. The van der Waals surface area contributed by atoms with E-state index in [4.69, 9.17) is 26.6 Å². The summed E-state index contributed by atoms with van der Waals surface area (Å²) < 4.78 is 50.7. The molecule has 0 aromatic carbocycles. The second kappa shape index (κ2) is 17.4. The minimum atomic E-state index is -3.11. The third-order valence-corrected chi connectivity index (χ3v) is 0. The Morgan fingerprint density at radius 2 is 0.800 bits per heavy atom. The van der Waals surface area contributed by atoms with E-state index in [1.165, 1.54) is 0 Å². The number of rotatable bonds is 0. The molecular weight excluding hydrogens is 226 g/mol. The van der Waals surface area contributed by atoms with E-state index in [2.05, 4.69) is 0 Å². The van der Waals surface area contributed by atoms with E-state index in [9.17, 15) is 0 Å². The summed E-state index contributed by atoms with van der Waals surface area (Å²) in [7, 11) is 0. The Balaban J connectivity index is -0.0000000300. The summed E-state index contributed by atoms with van der Waals surface area (Å²) in [4.78, 5) is 0. The molecule has 0 aliphatic rings. The van der Waals surface area contributed by atoms with Crippen LogP contribution in [0.15, 0.2) is 0 Å². The molecule has 10 heavy (non-hydrogen) atoms. The van der Waals surface area contributed by atoms with Crippen molar-refractivity contribution in [3.63, 3.8) is 0 Å². The van der Waals surface area contributed by atoms with Gasteiger partial charge >= 0.3 is 68.7 Å². The smallest absolute Gasteiger partial charge is 0.784 e. The molecule has 6 nitrogen and oxygen atoms in total. The molecule has 0 rings (SSSR count). The quantitative estimate of drug-likeness (QED) is 0.299. The van der Waals surface area contributed by atoms with Crippen LogP contribution in [0.25, 0.3) is 0 Å². The van der Waals surface area contributed by atoms with Crippen LogP contribution in [0.4, 0.5) is 0 Å². The second-order valence-electron chi connectivity index (χ2n) is 0.408. The van der Waals surface area contributed by atoms with Crippen LogP contribution in [0.3, 0.4) is 0 Å². The Bertz CT molecular complexity index is 73.7. The van der Waals surface area contributed by atoms with E-state index in [0.717, 1.165) is 0 Å². The molecule has 0 amide bonds. The van der Waals surface area contributed by atoms with Gasteiger partial charge in [0.15, 0.2) is 0 Å². The van der Waals surface area contributed by atoms with E-state index in [0.29, 0.717) is 0 Å². The Labute approximate surface area is 116 Å². The Morgan fingerprint density at radius 1 is 0.800 bits per heavy atom. The van der Waals surface area contributed by atoms with Gasteiger partial charge in [-0.2, -0.15) is 0 Å². The molecule has 0 atom stereocenters. The molecule has 0 radical (unpaired) electrons. The minimum absolute atomic E-state index is 0. The second-order valence-corrected chi connectivity index (χ2v) is 1.22. The fourth-order valence-electron chi connectivity index (χ4n) is 0. The van der Waals surface area contributed by atoms with Gasteiger partial charge in [0.2, 0.25) is 0 Å². The summed E-state index contributed by atoms with van der Waals surface area (Å²) in [5, 5.41) is 0. The first-order valence-corrected chi connectivity index (χ1v) is 3.00. The van der Waals surface area contributed by atoms with Crippen LogP contribution in [-0.4, -0.2) is 44.0 Å². The molecule has 0 aliphatic carbocycles. The Kier molecular flexibility index (Phi) is 39.7. The van der Waals surface area contributed by atoms with E-state index < -0.39 is 22.7 Å². The first kappa shape index (κ1) is 22.8. The largest absolute Gasteiger partial charge is 3.00 e. The zero-order valence-corrected chi connectivity index (χ0v) is 10.8. The van der Waals surface area contributed by atoms with E-state index in [1.807, 2.05) is 0 Å². The predicted molar refractivity (Wildman–Crippen MR) is 25.1 cm³/mol. The molecule has 0 aromatic rings. The third-order valence-electron chi connectivity index (χ3n) is 0. The van der Waals surface area contributed by atoms with Crippen molar-refractivity contribution in [2.75, 3.05) is 0 Å². The van der Waals surface area contributed by atoms with Crippen molar-refractivity contribution in [2.24, 2.45) is 0 Å². The fourth-order valence-corrected chi connectivity index (χ4v) is 0. The van der Waals surface area contributed by atoms with Crippen molar-refractivity contribution in [2.45, 2.75) is 0 Å². The molecule has 0 heterocycles. The van der Waals surface area contributed by atoms with Crippen LogP contribution in [0.2, 0.25) is 0 Å². The van der Waals surface area contributed by atoms with Crippen LogP contribution in [0.1, 0.15) is 0 Å². The monoisotopic (exact) mass is 226 g/mol. The van der Waals surface area contributed by atoms with Crippen LogP contribution in [0, 0.1) is 0 Å². The summed E-state index contributed by atoms with van der Waals surface area (Å²) in [5.74, 6) is 0. The third kappa shape index (κ3) is 168. The van der Waals surface area contributed by atoms with Gasteiger partial charge < -0.3 is 18.2 Å². The standard InChI is InChI=1S/Al.K.2H2O3S/c;;2*1-4(2)3/h;;2*(H2,1,2,3)/q+3;+1;;/p-4. The van der Waals surface area contributed by atoms with Gasteiger partial charge in [0.25, 0.3) is 0 Å². The summed E-state index contributed by atoms with van der Waals surface area (Å²) >= 11 is -6.22. The maximum absolute atomic E-state index is 8.44. The zero-order valence-electron chi connectivity index (χ0n) is 4.84. The van der Waals surface area contributed by atoms with Gasteiger partial charge in [-0.05, 0) is 0 Å². The van der Waals surface area contributed by atoms with Gasteiger partial charge in [0.05, 0.1) is 0 Å². The molecule has 0 N–H and O–H groups in total. The van der Waals surface area contributed by atoms with Gasteiger partial charge in [-0.3, -0.25) is 8.42 Å². The summed E-state index contributed by atoms with van der Waals surface area (Å²) in [5.41, 5.74) is 0. The van der Waals surface area contributed by atoms with Gasteiger partial charge in [-0.25, -0.2) is 0 Å². The molecule has 10 heteroatoms. The summed E-state index contributed by atoms with van der Waals surface area (Å²) in [6, 6.07) is 0. The van der Waals surface area contributed by atoms with E-state index in [1.54, 1.807) is 0 Å². The first-order chi connectivity index (χ1) is 3.46. The van der Waals surface area contributed by atoms with Crippen LogP contribution < -0.4 is 51.4 Å². The van der Waals surface area contributed by atoms with Crippen LogP contribution in [0.5, 0.6) is 0 Å². The average Bonchev–Trinajstić information content (AvgIpc) is 1.25. The van der Waals surface area contributed by atoms with Gasteiger partial charge in [-0.1, -0.05) is 0 Å². The molecule has 0 unspecified atom stereocenters. The number of hydrogen-bond acceptors (Lipinski definition) is 6. The SMILES string of the molecule is O=S([O-])[O-].O=S([O-])[O-].[Al+3].[K+]. The van der Waals surface area contributed by atoms with Gasteiger partial charge in [0, 0.05) is 0 Å². The van der Waals surface area contributed by atoms with E-state index in [-0.39, 0.29) is 68.7 Å². The van der Waals surface area contributed by atoms with Crippen molar-refractivity contribution >= 4 is 40.1 Å². The van der Waals surface area contributed by atoms with Crippen LogP contribution >= 0.6 is 0 Å². The molecule has 0 fully saturated rings. The fraction of sp³-hybridized carbons (Fsp3) is 0. The Morgan fingerprint density at radius 3 is 0.800 bits per heavy atom. The van der Waals surface area contributed by atoms with Crippen molar-refractivity contribution in [1.82, 2.24) is 0 Å². The summed E-state index contributed by atoms with van der Waals surface area (Å²) in [6.45, 7) is 0. The van der Waals surface area contributed by atoms with Crippen molar-refractivity contribution in [3.8, 4) is 0 Å². The topological polar surface area (TPSA) is 126 Å². The summed E-state index contributed by atoms with van der Waals surface area (Å²) in [6.07, 6.45) is 0. The molecule has 52 valence electrons. The normalized spacial score (nSPS) is 7.00. The van der Waals surface area contributed by atoms with Crippen LogP contribution in [-0.2, 0) is 22.7 Å². The predicted octanol–water partition coefficient (Wildman–Crippen LogP) is -5.38. The van der Waals surface area contributed by atoms with Crippen molar-refractivity contribution < 1.29 is 78.0 Å². The van der Waals surface area contributed by atoms with Gasteiger partial charge in [0.1, 0.15) is 0 Å². The molecule has 0 aromatic heterocycles. The molecule has 0 bridgehead atoms. The number of hydrogen-bond donors (Lipinski definition) is 0. The zero-order chi connectivity index (χ0) is 7.15. The van der Waals surface area contributed by atoms with Crippen molar-refractivity contribution in [3.05, 3.63) is 0 Å². The van der Waals surface area contributed by atoms with Crippen molar-refractivity contribution in [1.29, 1.82) is 0 Å². The molecule has 0 saturated heterocycles. The molecule has 0 aliphatic heterocycles. The molecule has 0 spiro atoms. The van der Waals surface area contributed by atoms with Gasteiger partial charge in [-0.15, -0.1) is 22.7 Å². The molecular formula is AlKO6S2. The minimum Gasteiger partial charge on any atom is -0.784 e. The maximum atomic E-state index is 8.44. The average molecular weight is 226 g/mol. The maximum Gasteiger partial charge on any atom is 3.00 e. The Hall–Kier alpha value is 2.31. The molecule has 0 saturated carbocycles.